The summed E-state index contributed by atoms with van der Waals surface area (Å²) in [6.07, 6.45) is 4.97. The van der Waals surface area contributed by atoms with Crippen LogP contribution in [0, 0.1) is 11.3 Å². The Balaban J connectivity index is 2.31. The number of carbonyl (C=O) groups excluding carboxylic acids is 1. The first-order valence-electron chi connectivity index (χ1n) is 6.07. The van der Waals surface area contributed by atoms with Gasteiger partial charge < -0.3 is 5.32 Å². The van der Waals surface area contributed by atoms with Crippen molar-refractivity contribution in [1.82, 2.24) is 10.6 Å². The molecule has 0 bridgehead atoms. The maximum atomic E-state index is 11.5. The van der Waals surface area contributed by atoms with E-state index in [9.17, 15) is 4.79 Å². The molecule has 1 unspecified atom stereocenters. The van der Waals surface area contributed by atoms with Crippen molar-refractivity contribution in [3.63, 3.8) is 0 Å². The summed E-state index contributed by atoms with van der Waals surface area (Å²) in [6, 6.07) is 2.38. The van der Waals surface area contributed by atoms with Crippen molar-refractivity contribution in [1.29, 1.82) is 5.26 Å². The highest BCUT2D eigenvalue weighted by atomic mass is 16.1. The first-order chi connectivity index (χ1) is 7.61. The van der Waals surface area contributed by atoms with E-state index in [2.05, 4.69) is 16.7 Å². The number of nitriles is 1. The molecule has 4 nitrogen and oxygen atoms in total. The monoisotopic (exact) mass is 223 g/mol. The van der Waals surface area contributed by atoms with Crippen molar-refractivity contribution in [2.75, 3.05) is 0 Å². The molecular formula is C12H21N3O. The Labute approximate surface area is 97.4 Å². The van der Waals surface area contributed by atoms with Crippen LogP contribution in [0.5, 0.6) is 0 Å². The van der Waals surface area contributed by atoms with Gasteiger partial charge in [-0.1, -0.05) is 12.8 Å². The molecule has 1 saturated carbocycles. The molecule has 1 fully saturated rings. The van der Waals surface area contributed by atoms with Crippen molar-refractivity contribution in [2.24, 2.45) is 0 Å². The molecule has 1 atom stereocenters. The van der Waals surface area contributed by atoms with E-state index in [1.807, 2.05) is 13.8 Å². The van der Waals surface area contributed by atoms with Gasteiger partial charge in [0.1, 0.15) is 6.04 Å². The lowest BCUT2D eigenvalue weighted by molar-refractivity contribution is -0.121. The van der Waals surface area contributed by atoms with Gasteiger partial charge in [0, 0.05) is 12.1 Å². The number of hydrogen-bond donors (Lipinski definition) is 2. The van der Waals surface area contributed by atoms with Gasteiger partial charge >= 0.3 is 0 Å². The first kappa shape index (κ1) is 13.0. The molecule has 2 N–H and O–H groups in total. The number of hydrogen-bond acceptors (Lipinski definition) is 3. The molecule has 1 rings (SSSR count). The summed E-state index contributed by atoms with van der Waals surface area (Å²) in [5.41, 5.74) is 0. The van der Waals surface area contributed by atoms with Crippen molar-refractivity contribution in [2.45, 2.75) is 64.1 Å². The zero-order chi connectivity index (χ0) is 12.0. The Kier molecular flexibility index (Phi) is 5.27. The molecule has 4 heteroatoms. The summed E-state index contributed by atoms with van der Waals surface area (Å²) >= 11 is 0. The normalized spacial score (nSPS) is 18.4. The van der Waals surface area contributed by atoms with Crippen LogP contribution in [0.3, 0.4) is 0 Å². The van der Waals surface area contributed by atoms with Gasteiger partial charge in [0.15, 0.2) is 0 Å². The number of nitrogens with one attached hydrogen (secondary N) is 2. The maximum absolute atomic E-state index is 11.5. The lowest BCUT2D eigenvalue weighted by Crippen LogP contribution is -2.41. The standard InChI is InChI=1S/C12H21N3O/c1-9(2)14-12(16)7-11(8-13)15-10-5-3-4-6-10/h9-11,15H,3-7H2,1-2H3,(H,14,16). The molecule has 16 heavy (non-hydrogen) atoms. The molecule has 0 aliphatic heterocycles. The van der Waals surface area contributed by atoms with Crippen LogP contribution in [0.4, 0.5) is 0 Å². The zero-order valence-electron chi connectivity index (χ0n) is 10.1. The SMILES string of the molecule is CC(C)NC(=O)CC(C#N)NC1CCCC1. The first-order valence-corrected chi connectivity index (χ1v) is 6.07. The minimum atomic E-state index is -0.346. The Bertz CT molecular complexity index is 264. The third kappa shape index (κ3) is 4.63. The van der Waals surface area contributed by atoms with Crippen LogP contribution in [0.25, 0.3) is 0 Å². The second kappa shape index (κ2) is 6.49. The lowest BCUT2D eigenvalue weighted by atomic mass is 10.1. The number of nitrogens with zero attached hydrogens (tertiary/aromatic N) is 1. The Morgan fingerprint density at radius 2 is 2.06 bits per heavy atom. The zero-order valence-corrected chi connectivity index (χ0v) is 10.1. The number of carbonyl (C=O) groups is 1. The van der Waals surface area contributed by atoms with Gasteiger partial charge in [-0.2, -0.15) is 5.26 Å². The van der Waals surface area contributed by atoms with E-state index in [0.29, 0.717) is 6.04 Å². The fraction of sp³-hybridized carbons (Fsp3) is 0.833. The summed E-state index contributed by atoms with van der Waals surface area (Å²) in [5, 5.41) is 15.0. The highest BCUT2D eigenvalue weighted by Crippen LogP contribution is 2.18. The van der Waals surface area contributed by atoms with E-state index in [1.54, 1.807) is 0 Å². The minimum Gasteiger partial charge on any atom is -0.354 e. The van der Waals surface area contributed by atoms with E-state index in [4.69, 9.17) is 5.26 Å². The number of rotatable bonds is 5. The van der Waals surface area contributed by atoms with Gasteiger partial charge in [0.05, 0.1) is 12.5 Å². The van der Waals surface area contributed by atoms with Crippen molar-refractivity contribution in [3.8, 4) is 6.07 Å². The highest BCUT2D eigenvalue weighted by Gasteiger charge is 2.20. The molecule has 0 heterocycles. The van der Waals surface area contributed by atoms with E-state index < -0.39 is 0 Å². The topological polar surface area (TPSA) is 64.9 Å². The van der Waals surface area contributed by atoms with Crippen LogP contribution in [0.1, 0.15) is 46.0 Å². The summed E-state index contributed by atoms with van der Waals surface area (Å²) in [6.45, 7) is 3.84. The Morgan fingerprint density at radius 3 is 2.56 bits per heavy atom. The van der Waals surface area contributed by atoms with Gasteiger partial charge in [-0.15, -0.1) is 0 Å². The molecular weight excluding hydrogens is 202 g/mol. The second-order valence-electron chi connectivity index (χ2n) is 4.76. The molecule has 0 spiro atoms. The molecule has 0 radical (unpaired) electrons. The molecule has 0 saturated heterocycles. The fourth-order valence-corrected chi connectivity index (χ4v) is 2.09. The predicted octanol–water partition coefficient (Wildman–Crippen LogP) is 1.33. The highest BCUT2D eigenvalue weighted by molar-refractivity contribution is 5.77. The third-order valence-electron chi connectivity index (χ3n) is 2.79. The molecule has 0 aromatic carbocycles. The average molecular weight is 223 g/mol. The summed E-state index contributed by atoms with van der Waals surface area (Å²) in [5.74, 6) is -0.0490. The summed E-state index contributed by atoms with van der Waals surface area (Å²) in [7, 11) is 0. The Morgan fingerprint density at radius 1 is 1.44 bits per heavy atom. The molecule has 1 aliphatic rings. The van der Waals surface area contributed by atoms with E-state index >= 15 is 0 Å². The summed E-state index contributed by atoms with van der Waals surface area (Å²) in [4.78, 5) is 11.5. The minimum absolute atomic E-state index is 0.0490. The lowest BCUT2D eigenvalue weighted by Gasteiger charge is -2.17. The third-order valence-corrected chi connectivity index (χ3v) is 2.79. The van der Waals surface area contributed by atoms with Crippen molar-refractivity contribution >= 4 is 5.91 Å². The molecule has 0 aromatic rings. The predicted molar refractivity (Wildman–Crippen MR) is 62.7 cm³/mol. The van der Waals surface area contributed by atoms with Gasteiger partial charge in [-0.05, 0) is 26.7 Å². The molecule has 90 valence electrons. The molecule has 0 aromatic heterocycles. The van der Waals surface area contributed by atoms with Crippen molar-refractivity contribution in [3.05, 3.63) is 0 Å². The number of amides is 1. The van der Waals surface area contributed by atoms with Gasteiger partial charge in [0.2, 0.25) is 5.91 Å². The van der Waals surface area contributed by atoms with Crippen LogP contribution in [0.15, 0.2) is 0 Å². The van der Waals surface area contributed by atoms with E-state index in [1.165, 1.54) is 12.8 Å². The van der Waals surface area contributed by atoms with Crippen LogP contribution in [-0.2, 0) is 4.79 Å². The van der Waals surface area contributed by atoms with Crippen LogP contribution >= 0.6 is 0 Å². The molecule has 1 amide bonds. The van der Waals surface area contributed by atoms with Crippen LogP contribution in [0.2, 0.25) is 0 Å². The fourth-order valence-electron chi connectivity index (χ4n) is 2.09. The van der Waals surface area contributed by atoms with E-state index in [-0.39, 0.29) is 24.4 Å². The summed E-state index contributed by atoms with van der Waals surface area (Å²) < 4.78 is 0. The second-order valence-corrected chi connectivity index (χ2v) is 4.76. The van der Waals surface area contributed by atoms with Gasteiger partial charge in [-0.3, -0.25) is 10.1 Å². The van der Waals surface area contributed by atoms with Gasteiger partial charge in [-0.25, -0.2) is 0 Å². The maximum Gasteiger partial charge on any atom is 0.222 e. The van der Waals surface area contributed by atoms with E-state index in [0.717, 1.165) is 12.8 Å². The molecule has 1 aliphatic carbocycles. The van der Waals surface area contributed by atoms with Gasteiger partial charge in [0.25, 0.3) is 0 Å². The quantitative estimate of drug-likeness (QED) is 0.739. The van der Waals surface area contributed by atoms with Crippen LogP contribution in [-0.4, -0.2) is 24.0 Å². The van der Waals surface area contributed by atoms with Crippen LogP contribution < -0.4 is 10.6 Å². The average Bonchev–Trinajstić information content (AvgIpc) is 2.68. The Hall–Kier alpha value is -1.08. The van der Waals surface area contributed by atoms with Crippen molar-refractivity contribution < 1.29 is 4.79 Å². The largest absolute Gasteiger partial charge is 0.354 e. The smallest absolute Gasteiger partial charge is 0.222 e.